The predicted octanol–water partition coefficient (Wildman–Crippen LogP) is 1.61. The van der Waals surface area contributed by atoms with Crippen LogP contribution in [0.25, 0.3) is 0 Å². The van der Waals surface area contributed by atoms with Gasteiger partial charge in [-0.05, 0) is 18.2 Å². The lowest BCUT2D eigenvalue weighted by Gasteiger charge is -2.09. The third-order valence-corrected chi connectivity index (χ3v) is 2.29. The Morgan fingerprint density at radius 1 is 1.44 bits per heavy atom. The average Bonchev–Trinajstić information content (AvgIpc) is 2.29. The number of carbonyl (C=O) groups excluding carboxylic acids is 1. The van der Waals surface area contributed by atoms with E-state index in [1.165, 1.54) is 7.11 Å². The molecule has 1 aromatic carbocycles. The highest BCUT2D eigenvalue weighted by Crippen LogP contribution is 2.22. The van der Waals surface area contributed by atoms with Crippen molar-refractivity contribution in [2.24, 2.45) is 0 Å². The van der Waals surface area contributed by atoms with Crippen molar-refractivity contribution < 1.29 is 14.3 Å². The lowest BCUT2D eigenvalue weighted by molar-refractivity contribution is -0.139. The van der Waals surface area contributed by atoms with E-state index in [0.29, 0.717) is 11.6 Å². The maximum absolute atomic E-state index is 10.9. The van der Waals surface area contributed by atoms with Crippen LogP contribution in [-0.4, -0.2) is 26.7 Å². The summed E-state index contributed by atoms with van der Waals surface area (Å²) in [7, 11) is 2.94. The van der Waals surface area contributed by atoms with Crippen molar-refractivity contribution in [3.8, 4) is 5.75 Å². The molecule has 88 valence electrons. The summed E-state index contributed by atoms with van der Waals surface area (Å²) in [5, 5.41) is 3.58. The van der Waals surface area contributed by atoms with E-state index < -0.39 is 0 Å². The van der Waals surface area contributed by atoms with Gasteiger partial charge in [0.25, 0.3) is 0 Å². The summed E-state index contributed by atoms with van der Waals surface area (Å²) in [5.41, 5.74) is 0.902. The first-order valence-electron chi connectivity index (χ1n) is 4.77. The molecule has 0 unspecified atom stereocenters. The van der Waals surface area contributed by atoms with Crippen LogP contribution in [-0.2, 0) is 16.1 Å². The Morgan fingerprint density at radius 2 is 2.19 bits per heavy atom. The first-order chi connectivity index (χ1) is 7.67. The molecule has 0 aliphatic heterocycles. The van der Waals surface area contributed by atoms with Crippen LogP contribution in [0.2, 0.25) is 5.02 Å². The number of rotatable bonds is 5. The van der Waals surface area contributed by atoms with E-state index >= 15 is 0 Å². The van der Waals surface area contributed by atoms with Gasteiger partial charge in [-0.1, -0.05) is 11.6 Å². The second kappa shape index (κ2) is 6.35. The second-order valence-electron chi connectivity index (χ2n) is 3.14. The van der Waals surface area contributed by atoms with Gasteiger partial charge in [0.05, 0.1) is 20.8 Å². The van der Waals surface area contributed by atoms with Gasteiger partial charge in [0.1, 0.15) is 5.75 Å². The summed E-state index contributed by atoms with van der Waals surface area (Å²) in [5.74, 6) is 0.433. The van der Waals surface area contributed by atoms with Gasteiger partial charge in [-0.15, -0.1) is 0 Å². The van der Waals surface area contributed by atoms with Crippen LogP contribution in [0, 0.1) is 0 Å². The van der Waals surface area contributed by atoms with Crippen LogP contribution in [0.1, 0.15) is 5.56 Å². The molecule has 0 aliphatic carbocycles. The van der Waals surface area contributed by atoms with Gasteiger partial charge in [-0.2, -0.15) is 0 Å². The third kappa shape index (κ3) is 3.72. The molecular weight excluding hydrogens is 230 g/mol. The minimum absolute atomic E-state index is 0.159. The largest absolute Gasteiger partial charge is 0.496 e. The standard InChI is InChI=1S/C11H14ClNO3/c1-15-10-4-3-9(12)5-8(10)6-13-7-11(14)16-2/h3-5,13H,6-7H2,1-2H3. The zero-order chi connectivity index (χ0) is 12.0. The number of hydrogen-bond donors (Lipinski definition) is 1. The van der Waals surface area contributed by atoms with Crippen LogP contribution in [0.4, 0.5) is 0 Å². The van der Waals surface area contributed by atoms with Crippen LogP contribution in [0.3, 0.4) is 0 Å². The van der Waals surface area contributed by atoms with Gasteiger partial charge >= 0.3 is 5.97 Å². The summed E-state index contributed by atoms with van der Waals surface area (Å²) in [6.07, 6.45) is 0. The van der Waals surface area contributed by atoms with Gasteiger partial charge in [0.15, 0.2) is 0 Å². The molecule has 0 aromatic heterocycles. The van der Waals surface area contributed by atoms with Gasteiger partial charge < -0.3 is 14.8 Å². The summed E-state index contributed by atoms with van der Waals surface area (Å²) >= 11 is 5.87. The SMILES string of the molecule is COC(=O)CNCc1cc(Cl)ccc1OC. The molecule has 0 bridgehead atoms. The van der Waals surface area contributed by atoms with E-state index in [9.17, 15) is 4.79 Å². The van der Waals surface area contributed by atoms with E-state index in [1.807, 2.05) is 0 Å². The van der Waals surface area contributed by atoms with Crippen molar-refractivity contribution in [1.29, 1.82) is 0 Å². The first kappa shape index (κ1) is 12.8. The zero-order valence-electron chi connectivity index (χ0n) is 9.25. The molecule has 4 nitrogen and oxygen atoms in total. The maximum atomic E-state index is 10.9. The molecule has 0 saturated carbocycles. The maximum Gasteiger partial charge on any atom is 0.319 e. The number of benzene rings is 1. The molecular formula is C11H14ClNO3. The van der Waals surface area contributed by atoms with Gasteiger partial charge in [-0.25, -0.2) is 0 Å². The smallest absolute Gasteiger partial charge is 0.319 e. The summed E-state index contributed by atoms with van der Waals surface area (Å²) in [6.45, 7) is 0.658. The summed E-state index contributed by atoms with van der Waals surface area (Å²) < 4.78 is 9.68. The van der Waals surface area contributed by atoms with E-state index in [0.717, 1.165) is 11.3 Å². The monoisotopic (exact) mass is 243 g/mol. The van der Waals surface area contributed by atoms with Crippen LogP contribution < -0.4 is 10.1 Å². The fraction of sp³-hybridized carbons (Fsp3) is 0.364. The number of ether oxygens (including phenoxy) is 2. The molecule has 16 heavy (non-hydrogen) atoms. The minimum Gasteiger partial charge on any atom is -0.496 e. The number of hydrogen-bond acceptors (Lipinski definition) is 4. The van der Waals surface area contributed by atoms with E-state index in [1.54, 1.807) is 25.3 Å². The Kier molecular flexibility index (Phi) is 5.08. The van der Waals surface area contributed by atoms with E-state index in [4.69, 9.17) is 16.3 Å². The van der Waals surface area contributed by atoms with Crippen LogP contribution in [0.5, 0.6) is 5.75 Å². The Bertz CT molecular complexity index is 368. The molecule has 1 aromatic rings. The fourth-order valence-electron chi connectivity index (χ4n) is 1.26. The Labute approximate surface area is 99.5 Å². The summed E-state index contributed by atoms with van der Waals surface area (Å²) in [4.78, 5) is 10.9. The van der Waals surface area contributed by atoms with Crippen molar-refractivity contribution in [3.63, 3.8) is 0 Å². The van der Waals surface area contributed by atoms with Gasteiger partial charge in [0.2, 0.25) is 0 Å². The molecule has 0 radical (unpaired) electrons. The molecule has 0 saturated heterocycles. The highest BCUT2D eigenvalue weighted by molar-refractivity contribution is 6.30. The summed E-state index contributed by atoms with van der Waals surface area (Å²) in [6, 6.07) is 5.34. The number of nitrogens with one attached hydrogen (secondary N) is 1. The van der Waals surface area contributed by atoms with Gasteiger partial charge in [0, 0.05) is 17.1 Å². The van der Waals surface area contributed by atoms with Gasteiger partial charge in [-0.3, -0.25) is 4.79 Å². The van der Waals surface area contributed by atoms with Crippen LogP contribution in [0.15, 0.2) is 18.2 Å². The van der Waals surface area contributed by atoms with Crippen LogP contribution >= 0.6 is 11.6 Å². The number of halogens is 1. The van der Waals surface area contributed by atoms with Crippen molar-refractivity contribution in [1.82, 2.24) is 5.32 Å². The molecule has 0 spiro atoms. The second-order valence-corrected chi connectivity index (χ2v) is 3.57. The number of methoxy groups -OCH3 is 2. The quantitative estimate of drug-likeness (QED) is 0.799. The highest BCUT2D eigenvalue weighted by atomic mass is 35.5. The number of esters is 1. The highest BCUT2D eigenvalue weighted by Gasteiger charge is 2.05. The average molecular weight is 244 g/mol. The lowest BCUT2D eigenvalue weighted by atomic mass is 10.2. The van der Waals surface area contributed by atoms with Crippen molar-refractivity contribution in [2.75, 3.05) is 20.8 Å². The Balaban J connectivity index is 2.58. The molecule has 0 atom stereocenters. The molecule has 1 N–H and O–H groups in total. The Morgan fingerprint density at radius 3 is 2.81 bits per heavy atom. The lowest BCUT2D eigenvalue weighted by Crippen LogP contribution is -2.23. The molecule has 0 heterocycles. The first-order valence-corrected chi connectivity index (χ1v) is 5.15. The molecule has 5 heteroatoms. The Hall–Kier alpha value is -1.26. The predicted molar refractivity (Wildman–Crippen MR) is 61.7 cm³/mol. The van der Waals surface area contributed by atoms with Crippen molar-refractivity contribution in [3.05, 3.63) is 28.8 Å². The molecule has 0 fully saturated rings. The minimum atomic E-state index is -0.305. The normalized spacial score (nSPS) is 9.94. The third-order valence-electron chi connectivity index (χ3n) is 2.05. The molecule has 1 rings (SSSR count). The van der Waals surface area contributed by atoms with E-state index in [2.05, 4.69) is 10.1 Å². The fourth-order valence-corrected chi connectivity index (χ4v) is 1.45. The van der Waals surface area contributed by atoms with Crippen molar-refractivity contribution >= 4 is 17.6 Å². The molecule has 0 aliphatic rings. The topological polar surface area (TPSA) is 47.6 Å². The molecule has 0 amide bonds. The zero-order valence-corrected chi connectivity index (χ0v) is 10.0. The van der Waals surface area contributed by atoms with E-state index in [-0.39, 0.29) is 12.5 Å². The van der Waals surface area contributed by atoms with Crippen molar-refractivity contribution in [2.45, 2.75) is 6.54 Å². The number of carbonyl (C=O) groups is 1.